The Morgan fingerprint density at radius 3 is 2.77 bits per heavy atom. The van der Waals surface area contributed by atoms with E-state index in [-0.39, 0.29) is 5.97 Å². The van der Waals surface area contributed by atoms with Crippen LogP contribution in [-0.4, -0.2) is 22.5 Å². The molecule has 1 unspecified atom stereocenters. The van der Waals surface area contributed by atoms with E-state index in [1.807, 2.05) is 47.0 Å². The van der Waals surface area contributed by atoms with Gasteiger partial charge in [-0.3, -0.25) is 4.79 Å². The fourth-order valence-electron chi connectivity index (χ4n) is 2.55. The SMILES string of the molecule is COC(=O)C(Cc1ccccc1)c1cnc2c(Cl)cccn12. The summed E-state index contributed by atoms with van der Waals surface area (Å²) < 4.78 is 6.81. The van der Waals surface area contributed by atoms with Gasteiger partial charge in [-0.25, -0.2) is 4.98 Å². The molecule has 22 heavy (non-hydrogen) atoms. The summed E-state index contributed by atoms with van der Waals surface area (Å²) in [6, 6.07) is 13.4. The molecule has 0 aliphatic rings. The molecule has 0 fully saturated rings. The maximum atomic E-state index is 12.2. The molecule has 0 aliphatic heterocycles. The molecule has 3 rings (SSSR count). The van der Waals surface area contributed by atoms with E-state index in [1.165, 1.54) is 7.11 Å². The third-order valence-electron chi connectivity index (χ3n) is 3.64. The number of esters is 1. The third-order valence-corrected chi connectivity index (χ3v) is 3.94. The van der Waals surface area contributed by atoms with Crippen molar-refractivity contribution >= 4 is 23.2 Å². The molecule has 0 amide bonds. The summed E-state index contributed by atoms with van der Waals surface area (Å²) in [6.07, 6.45) is 4.09. The number of ether oxygens (including phenoxy) is 1. The number of aromatic nitrogens is 2. The number of carbonyl (C=O) groups is 1. The van der Waals surface area contributed by atoms with Crippen molar-refractivity contribution in [3.05, 3.63) is 71.1 Å². The Morgan fingerprint density at radius 1 is 1.27 bits per heavy atom. The van der Waals surface area contributed by atoms with Crippen molar-refractivity contribution in [1.29, 1.82) is 0 Å². The monoisotopic (exact) mass is 314 g/mol. The number of pyridine rings is 1. The molecule has 0 radical (unpaired) electrons. The fourth-order valence-corrected chi connectivity index (χ4v) is 2.77. The molecule has 112 valence electrons. The predicted molar refractivity (Wildman–Crippen MR) is 85.1 cm³/mol. The van der Waals surface area contributed by atoms with Crippen molar-refractivity contribution in [2.45, 2.75) is 12.3 Å². The topological polar surface area (TPSA) is 43.6 Å². The van der Waals surface area contributed by atoms with Gasteiger partial charge in [0.1, 0.15) is 5.92 Å². The van der Waals surface area contributed by atoms with E-state index in [9.17, 15) is 4.79 Å². The van der Waals surface area contributed by atoms with Crippen molar-refractivity contribution in [1.82, 2.24) is 9.38 Å². The first-order valence-corrected chi connectivity index (χ1v) is 7.31. The Labute approximate surface area is 133 Å². The van der Waals surface area contributed by atoms with Gasteiger partial charge in [0.15, 0.2) is 5.65 Å². The summed E-state index contributed by atoms with van der Waals surface area (Å²) in [5, 5.41) is 0.553. The summed E-state index contributed by atoms with van der Waals surface area (Å²) in [6.45, 7) is 0. The molecule has 0 N–H and O–H groups in total. The van der Waals surface area contributed by atoms with E-state index in [0.29, 0.717) is 17.1 Å². The lowest BCUT2D eigenvalue weighted by Crippen LogP contribution is -2.18. The largest absolute Gasteiger partial charge is 0.468 e. The van der Waals surface area contributed by atoms with E-state index >= 15 is 0 Å². The molecule has 0 saturated heterocycles. The second-order valence-electron chi connectivity index (χ2n) is 5.00. The lowest BCUT2D eigenvalue weighted by Gasteiger charge is -2.14. The molecule has 0 bridgehead atoms. The maximum Gasteiger partial charge on any atom is 0.315 e. The molecule has 1 aromatic carbocycles. The van der Waals surface area contributed by atoms with Gasteiger partial charge in [0.2, 0.25) is 0 Å². The quantitative estimate of drug-likeness (QED) is 0.692. The summed E-state index contributed by atoms with van der Waals surface area (Å²) in [5.74, 6) is -0.716. The molecule has 0 saturated carbocycles. The number of hydrogen-bond acceptors (Lipinski definition) is 3. The van der Waals surface area contributed by atoms with Crippen LogP contribution in [0.5, 0.6) is 0 Å². The van der Waals surface area contributed by atoms with Gasteiger partial charge < -0.3 is 9.14 Å². The zero-order valence-electron chi connectivity index (χ0n) is 12.1. The van der Waals surface area contributed by atoms with Crippen molar-refractivity contribution in [3.63, 3.8) is 0 Å². The van der Waals surface area contributed by atoms with E-state index in [2.05, 4.69) is 4.98 Å². The molecule has 2 heterocycles. The molecule has 2 aromatic heterocycles. The van der Waals surface area contributed by atoms with Crippen LogP contribution in [0, 0.1) is 0 Å². The molecule has 5 heteroatoms. The maximum absolute atomic E-state index is 12.2. The number of methoxy groups -OCH3 is 1. The van der Waals surface area contributed by atoms with E-state index in [0.717, 1.165) is 11.3 Å². The van der Waals surface area contributed by atoms with Crippen molar-refractivity contribution in [2.24, 2.45) is 0 Å². The summed E-state index contributed by atoms with van der Waals surface area (Å²) in [5.41, 5.74) is 2.48. The first-order chi connectivity index (χ1) is 10.7. The van der Waals surface area contributed by atoms with Crippen LogP contribution < -0.4 is 0 Å². The smallest absolute Gasteiger partial charge is 0.315 e. The van der Waals surface area contributed by atoms with Gasteiger partial charge in [-0.1, -0.05) is 41.9 Å². The van der Waals surface area contributed by atoms with Crippen LogP contribution in [0.2, 0.25) is 5.02 Å². The molecule has 0 spiro atoms. The van der Waals surface area contributed by atoms with Gasteiger partial charge in [0, 0.05) is 6.20 Å². The van der Waals surface area contributed by atoms with Gasteiger partial charge in [0.05, 0.1) is 24.0 Å². The Balaban J connectivity index is 2.05. The second-order valence-corrected chi connectivity index (χ2v) is 5.41. The standard InChI is InChI=1S/C17H15ClN2O2/c1-22-17(21)13(10-12-6-3-2-4-7-12)15-11-19-16-14(18)8-5-9-20(15)16/h2-9,11,13H,10H2,1H3. The van der Waals surface area contributed by atoms with Gasteiger partial charge in [-0.15, -0.1) is 0 Å². The molecule has 3 aromatic rings. The fraction of sp³-hybridized carbons (Fsp3) is 0.176. The van der Waals surface area contributed by atoms with E-state index in [4.69, 9.17) is 16.3 Å². The van der Waals surface area contributed by atoms with Crippen LogP contribution in [0.1, 0.15) is 17.2 Å². The molecule has 4 nitrogen and oxygen atoms in total. The highest BCUT2D eigenvalue weighted by Gasteiger charge is 2.25. The number of imidazole rings is 1. The Kier molecular flexibility index (Phi) is 4.11. The van der Waals surface area contributed by atoms with Gasteiger partial charge in [0.25, 0.3) is 0 Å². The van der Waals surface area contributed by atoms with Crippen LogP contribution in [0.15, 0.2) is 54.9 Å². The Morgan fingerprint density at radius 2 is 2.05 bits per heavy atom. The van der Waals surface area contributed by atoms with Gasteiger partial charge in [-0.05, 0) is 24.1 Å². The van der Waals surface area contributed by atoms with E-state index in [1.54, 1.807) is 12.3 Å². The second kappa shape index (κ2) is 6.20. The Bertz CT molecular complexity index is 799. The molecule has 1 atom stereocenters. The molecular formula is C17H15ClN2O2. The van der Waals surface area contributed by atoms with Crippen LogP contribution in [0.4, 0.5) is 0 Å². The average molecular weight is 315 g/mol. The van der Waals surface area contributed by atoms with Crippen LogP contribution in [0.3, 0.4) is 0 Å². The van der Waals surface area contributed by atoms with E-state index < -0.39 is 5.92 Å². The average Bonchev–Trinajstić information content (AvgIpc) is 2.98. The zero-order chi connectivity index (χ0) is 15.5. The van der Waals surface area contributed by atoms with Crippen molar-refractivity contribution in [2.75, 3.05) is 7.11 Å². The van der Waals surface area contributed by atoms with Crippen LogP contribution in [-0.2, 0) is 16.0 Å². The predicted octanol–water partition coefficient (Wildman–Crippen LogP) is 3.49. The Hall–Kier alpha value is -2.33. The molecule has 0 aliphatic carbocycles. The summed E-state index contributed by atoms with van der Waals surface area (Å²) >= 11 is 6.15. The lowest BCUT2D eigenvalue weighted by molar-refractivity contribution is -0.142. The number of carbonyl (C=O) groups excluding carboxylic acids is 1. The highest BCUT2D eigenvalue weighted by atomic mass is 35.5. The minimum Gasteiger partial charge on any atom is -0.468 e. The van der Waals surface area contributed by atoms with Gasteiger partial charge in [-0.2, -0.15) is 0 Å². The van der Waals surface area contributed by atoms with Crippen molar-refractivity contribution < 1.29 is 9.53 Å². The zero-order valence-corrected chi connectivity index (χ0v) is 12.8. The van der Waals surface area contributed by atoms with Crippen LogP contribution in [0.25, 0.3) is 5.65 Å². The van der Waals surface area contributed by atoms with Crippen LogP contribution >= 0.6 is 11.6 Å². The van der Waals surface area contributed by atoms with Crippen molar-refractivity contribution in [3.8, 4) is 0 Å². The number of fused-ring (bicyclic) bond motifs is 1. The first kappa shape index (κ1) is 14.6. The highest BCUT2D eigenvalue weighted by Crippen LogP contribution is 2.26. The number of nitrogens with zero attached hydrogens (tertiary/aromatic N) is 2. The minimum atomic E-state index is -0.430. The number of hydrogen-bond donors (Lipinski definition) is 0. The number of rotatable bonds is 4. The molecular weight excluding hydrogens is 300 g/mol. The summed E-state index contributed by atoms with van der Waals surface area (Å²) in [7, 11) is 1.40. The third kappa shape index (κ3) is 2.70. The van der Waals surface area contributed by atoms with Gasteiger partial charge >= 0.3 is 5.97 Å². The first-order valence-electron chi connectivity index (χ1n) is 6.94. The number of benzene rings is 1. The number of halogens is 1. The highest BCUT2D eigenvalue weighted by molar-refractivity contribution is 6.33. The summed E-state index contributed by atoms with van der Waals surface area (Å²) in [4.78, 5) is 16.6. The normalized spacial score (nSPS) is 12.3. The lowest BCUT2D eigenvalue weighted by atomic mass is 9.96. The minimum absolute atomic E-state index is 0.286.